The van der Waals surface area contributed by atoms with Crippen LogP contribution in [0.5, 0.6) is 0 Å². The highest BCUT2D eigenvalue weighted by Gasteiger charge is 2.34. The zero-order chi connectivity index (χ0) is 24.7. The predicted octanol–water partition coefficient (Wildman–Crippen LogP) is 7.17. The number of hydrogen-bond donors (Lipinski definition) is 1. The van der Waals surface area contributed by atoms with E-state index in [0.29, 0.717) is 6.04 Å². The van der Waals surface area contributed by atoms with E-state index in [9.17, 15) is 0 Å². The second kappa shape index (κ2) is 12.1. The summed E-state index contributed by atoms with van der Waals surface area (Å²) < 4.78 is 0. The lowest BCUT2D eigenvalue weighted by molar-refractivity contribution is 0.341. The third-order valence-corrected chi connectivity index (χ3v) is 8.27. The van der Waals surface area contributed by atoms with E-state index in [4.69, 9.17) is 9.98 Å². The highest BCUT2D eigenvalue weighted by atomic mass is 15.2. The molecule has 0 spiro atoms. The molecule has 0 amide bonds. The summed E-state index contributed by atoms with van der Waals surface area (Å²) in [6.07, 6.45) is 19.3. The molecule has 1 N–H and O–H groups in total. The molecule has 0 saturated carbocycles. The monoisotopic (exact) mass is 474 g/mol. The van der Waals surface area contributed by atoms with Gasteiger partial charge in [0, 0.05) is 42.3 Å². The molecular formula is C31H46N4. The van der Waals surface area contributed by atoms with Crippen LogP contribution >= 0.6 is 0 Å². The Hall–Kier alpha value is -2.36. The number of likely N-dealkylation sites (tertiary alicyclic amines) is 1. The molecule has 35 heavy (non-hydrogen) atoms. The van der Waals surface area contributed by atoms with Crippen molar-refractivity contribution in [3.8, 4) is 0 Å². The highest BCUT2D eigenvalue weighted by molar-refractivity contribution is 6.01. The number of aromatic nitrogens is 1. The van der Waals surface area contributed by atoms with Gasteiger partial charge in [0.25, 0.3) is 0 Å². The van der Waals surface area contributed by atoms with Gasteiger partial charge in [-0.3, -0.25) is 9.98 Å². The molecule has 4 heteroatoms. The third kappa shape index (κ3) is 6.26. The van der Waals surface area contributed by atoms with E-state index < -0.39 is 0 Å². The molecule has 1 aliphatic carbocycles. The van der Waals surface area contributed by atoms with Crippen molar-refractivity contribution >= 4 is 11.9 Å². The lowest BCUT2D eigenvalue weighted by Crippen LogP contribution is -2.37. The SMILES string of the molecule is C=CCC1=C(CC)CCC(C)(c2ccc3c(n2)/C=C/NC(C)CCCC/N=C\3N2CCCCC2)C1. The molecule has 0 bridgehead atoms. The average molecular weight is 475 g/mol. The van der Waals surface area contributed by atoms with Gasteiger partial charge in [0.15, 0.2) is 0 Å². The third-order valence-electron chi connectivity index (χ3n) is 8.27. The summed E-state index contributed by atoms with van der Waals surface area (Å²) in [6, 6.07) is 5.09. The minimum absolute atomic E-state index is 0.0622. The Morgan fingerprint density at radius 1 is 1.14 bits per heavy atom. The van der Waals surface area contributed by atoms with Crippen molar-refractivity contribution in [2.24, 2.45) is 4.99 Å². The van der Waals surface area contributed by atoms with Crippen molar-refractivity contribution in [1.29, 1.82) is 0 Å². The van der Waals surface area contributed by atoms with Crippen LogP contribution in [0.4, 0.5) is 0 Å². The normalized spacial score (nSPS) is 28.6. The molecule has 0 radical (unpaired) electrons. The molecule has 1 aromatic rings. The first-order valence-electron chi connectivity index (χ1n) is 14.1. The molecule has 1 aromatic heterocycles. The largest absolute Gasteiger partial charge is 0.388 e. The Balaban J connectivity index is 1.73. The van der Waals surface area contributed by atoms with Gasteiger partial charge in [-0.25, -0.2) is 0 Å². The van der Waals surface area contributed by atoms with E-state index in [1.54, 1.807) is 11.1 Å². The second-order valence-corrected chi connectivity index (χ2v) is 11.1. The summed E-state index contributed by atoms with van der Waals surface area (Å²) in [7, 11) is 0. The van der Waals surface area contributed by atoms with Crippen molar-refractivity contribution in [3.05, 3.63) is 59.1 Å². The second-order valence-electron chi connectivity index (χ2n) is 11.1. The van der Waals surface area contributed by atoms with Crippen molar-refractivity contribution in [2.75, 3.05) is 19.6 Å². The molecule has 2 aliphatic heterocycles. The summed E-state index contributed by atoms with van der Waals surface area (Å²) >= 11 is 0. The minimum Gasteiger partial charge on any atom is -0.388 e. The van der Waals surface area contributed by atoms with Gasteiger partial charge in [-0.15, -0.1) is 6.58 Å². The molecule has 4 nitrogen and oxygen atoms in total. The van der Waals surface area contributed by atoms with Gasteiger partial charge >= 0.3 is 0 Å². The Bertz CT molecular complexity index is 966. The van der Waals surface area contributed by atoms with Crippen LogP contribution in [0, 0.1) is 0 Å². The fraction of sp³-hybridized carbons (Fsp3) is 0.613. The Kier molecular flexibility index (Phi) is 8.86. The number of piperidine rings is 1. The first-order chi connectivity index (χ1) is 17.0. The highest BCUT2D eigenvalue weighted by Crippen LogP contribution is 2.43. The average Bonchev–Trinajstić information content (AvgIpc) is 2.86. The zero-order valence-corrected chi connectivity index (χ0v) is 22.4. The molecule has 1 saturated heterocycles. The first-order valence-corrected chi connectivity index (χ1v) is 14.1. The van der Waals surface area contributed by atoms with E-state index in [1.165, 1.54) is 49.8 Å². The fourth-order valence-electron chi connectivity index (χ4n) is 6.03. The number of allylic oxidation sites excluding steroid dienone is 3. The van der Waals surface area contributed by atoms with Crippen molar-refractivity contribution in [3.63, 3.8) is 0 Å². The van der Waals surface area contributed by atoms with Crippen LogP contribution in [0.1, 0.15) is 108 Å². The molecule has 2 atom stereocenters. The molecule has 2 unspecified atom stereocenters. The van der Waals surface area contributed by atoms with Crippen LogP contribution in [0.2, 0.25) is 0 Å². The number of aliphatic imine (C=N–C) groups is 1. The van der Waals surface area contributed by atoms with Gasteiger partial charge in [-0.1, -0.05) is 31.1 Å². The van der Waals surface area contributed by atoms with E-state index >= 15 is 0 Å². The maximum absolute atomic E-state index is 5.37. The molecule has 1 fully saturated rings. The molecule has 190 valence electrons. The summed E-state index contributed by atoms with van der Waals surface area (Å²) in [4.78, 5) is 13.1. The van der Waals surface area contributed by atoms with E-state index in [2.05, 4.69) is 68.1 Å². The van der Waals surface area contributed by atoms with E-state index in [0.717, 1.165) is 63.3 Å². The maximum Gasteiger partial charge on any atom is 0.133 e. The van der Waals surface area contributed by atoms with Crippen molar-refractivity contribution < 1.29 is 0 Å². The van der Waals surface area contributed by atoms with Gasteiger partial charge < -0.3 is 10.2 Å². The fourth-order valence-corrected chi connectivity index (χ4v) is 6.03. The van der Waals surface area contributed by atoms with Gasteiger partial charge in [-0.2, -0.15) is 0 Å². The predicted molar refractivity (Wildman–Crippen MR) is 150 cm³/mol. The van der Waals surface area contributed by atoms with Gasteiger partial charge in [0.05, 0.1) is 5.69 Å². The standard InChI is InChI=1S/C31H46N4/c1-5-12-26-23-31(4,18-16-25(26)6-2)29-15-14-27-28(34-29)17-20-32-24(3)13-8-9-19-33-30(27)35-21-10-7-11-22-35/h5,14-15,17,20,24,32H,1,6-13,16,18-19,21-23H2,2-4H3/b20-17+,33-30+. The number of nitrogens with one attached hydrogen (secondary N) is 1. The van der Waals surface area contributed by atoms with Crippen molar-refractivity contribution in [1.82, 2.24) is 15.2 Å². The molecule has 3 heterocycles. The number of rotatable bonds is 4. The topological polar surface area (TPSA) is 40.5 Å². The van der Waals surface area contributed by atoms with Crippen LogP contribution in [-0.4, -0.2) is 41.4 Å². The minimum atomic E-state index is 0.0622. The molecule has 4 rings (SSSR count). The van der Waals surface area contributed by atoms with Gasteiger partial charge in [0.2, 0.25) is 0 Å². The Morgan fingerprint density at radius 3 is 2.74 bits per heavy atom. The molecule has 3 aliphatic rings. The summed E-state index contributed by atoms with van der Waals surface area (Å²) in [5.74, 6) is 1.16. The van der Waals surface area contributed by atoms with Crippen LogP contribution < -0.4 is 5.32 Å². The Morgan fingerprint density at radius 2 is 1.97 bits per heavy atom. The quantitative estimate of drug-likeness (QED) is 0.470. The zero-order valence-electron chi connectivity index (χ0n) is 22.4. The van der Waals surface area contributed by atoms with Crippen LogP contribution in [0.25, 0.3) is 6.08 Å². The van der Waals surface area contributed by atoms with Gasteiger partial charge in [0.1, 0.15) is 5.84 Å². The van der Waals surface area contributed by atoms with Gasteiger partial charge in [-0.05, 0) is 102 Å². The number of hydrogen-bond acceptors (Lipinski definition) is 4. The molecule has 0 aromatic carbocycles. The van der Waals surface area contributed by atoms with Crippen molar-refractivity contribution in [2.45, 2.75) is 103 Å². The summed E-state index contributed by atoms with van der Waals surface area (Å²) in [5.41, 5.74) is 6.74. The first kappa shape index (κ1) is 25.7. The lowest BCUT2D eigenvalue weighted by Gasteiger charge is -2.37. The lowest BCUT2D eigenvalue weighted by atomic mass is 9.69. The summed E-state index contributed by atoms with van der Waals surface area (Å²) in [6.45, 7) is 14.1. The summed E-state index contributed by atoms with van der Waals surface area (Å²) in [5, 5.41) is 3.59. The maximum atomic E-state index is 5.37. The van der Waals surface area contributed by atoms with Crippen LogP contribution in [0.15, 0.2) is 47.1 Å². The number of amidine groups is 1. The number of fused-ring (bicyclic) bond motifs is 1. The molecular weight excluding hydrogens is 428 g/mol. The van der Waals surface area contributed by atoms with E-state index in [1.807, 2.05) is 0 Å². The van der Waals surface area contributed by atoms with Crippen LogP contribution in [-0.2, 0) is 5.41 Å². The van der Waals surface area contributed by atoms with Crippen LogP contribution in [0.3, 0.4) is 0 Å². The van der Waals surface area contributed by atoms with E-state index in [-0.39, 0.29) is 5.41 Å². The Labute approximate surface area is 213 Å². The number of nitrogens with zero attached hydrogens (tertiary/aromatic N) is 3. The smallest absolute Gasteiger partial charge is 0.133 e. The number of pyridine rings is 1.